The minimum Gasteiger partial charge on any atom is -0.311 e. The smallest absolute Gasteiger partial charge is 0.262 e. The van der Waals surface area contributed by atoms with Crippen LogP contribution in [0.4, 0.5) is 15.8 Å². The number of anilines is 2. The molecule has 0 bridgehead atoms. The molecule has 1 amide bonds. The molecule has 0 saturated heterocycles. The molecule has 2 aliphatic rings. The van der Waals surface area contributed by atoms with Crippen molar-refractivity contribution in [2.75, 3.05) is 16.2 Å². The second-order valence-corrected chi connectivity index (χ2v) is 9.16. The Bertz CT molecular complexity index is 1040. The minimum absolute atomic E-state index is 0.00223. The van der Waals surface area contributed by atoms with Gasteiger partial charge in [0.1, 0.15) is 5.82 Å². The van der Waals surface area contributed by atoms with Gasteiger partial charge in [-0.3, -0.25) is 9.52 Å². The summed E-state index contributed by atoms with van der Waals surface area (Å²) >= 11 is 3.14. The van der Waals surface area contributed by atoms with Crippen LogP contribution >= 0.6 is 15.9 Å². The first-order valence-electron chi connectivity index (χ1n) is 8.24. The molecule has 136 valence electrons. The van der Waals surface area contributed by atoms with Crippen LogP contribution in [0.2, 0.25) is 0 Å². The molecule has 2 aromatic carbocycles. The zero-order chi connectivity index (χ0) is 18.6. The van der Waals surface area contributed by atoms with E-state index in [1.807, 2.05) is 0 Å². The van der Waals surface area contributed by atoms with E-state index in [1.165, 1.54) is 18.2 Å². The number of carbonyl (C=O) groups is 1. The Labute approximate surface area is 159 Å². The van der Waals surface area contributed by atoms with E-state index in [1.54, 1.807) is 24.0 Å². The highest BCUT2D eigenvalue weighted by Gasteiger charge is 2.38. The van der Waals surface area contributed by atoms with E-state index in [9.17, 15) is 17.6 Å². The largest absolute Gasteiger partial charge is 0.311 e. The highest BCUT2D eigenvalue weighted by atomic mass is 79.9. The van der Waals surface area contributed by atoms with Crippen LogP contribution in [-0.2, 0) is 21.2 Å². The molecule has 2 aromatic rings. The number of hydrogen-bond donors (Lipinski definition) is 1. The van der Waals surface area contributed by atoms with Crippen molar-refractivity contribution in [2.45, 2.75) is 30.6 Å². The van der Waals surface area contributed by atoms with Gasteiger partial charge in [0.2, 0.25) is 5.91 Å². The molecular weight excluding hydrogens is 423 g/mol. The number of amides is 1. The highest BCUT2D eigenvalue weighted by molar-refractivity contribution is 9.10. The molecule has 0 radical (unpaired) electrons. The number of carbonyl (C=O) groups excluding carboxylic acids is 1. The zero-order valence-corrected chi connectivity index (χ0v) is 16.3. The number of halogens is 2. The predicted molar refractivity (Wildman–Crippen MR) is 100 cm³/mol. The Morgan fingerprint density at radius 2 is 2.04 bits per heavy atom. The van der Waals surface area contributed by atoms with Crippen LogP contribution in [0.3, 0.4) is 0 Å². The second-order valence-electron chi connectivity index (χ2n) is 6.57. The van der Waals surface area contributed by atoms with Gasteiger partial charge >= 0.3 is 0 Å². The van der Waals surface area contributed by atoms with Crippen LogP contribution in [0, 0.1) is 5.82 Å². The van der Waals surface area contributed by atoms with Crippen LogP contribution < -0.4 is 9.62 Å². The molecule has 8 heteroatoms. The van der Waals surface area contributed by atoms with E-state index in [2.05, 4.69) is 20.7 Å². The van der Waals surface area contributed by atoms with Gasteiger partial charge in [-0.2, -0.15) is 0 Å². The Morgan fingerprint density at radius 1 is 1.27 bits per heavy atom. The van der Waals surface area contributed by atoms with Crippen molar-refractivity contribution in [1.82, 2.24) is 0 Å². The fraction of sp³-hybridized carbons (Fsp3) is 0.278. The Morgan fingerprint density at radius 3 is 2.77 bits per heavy atom. The molecule has 0 aromatic heterocycles. The fourth-order valence-electron chi connectivity index (χ4n) is 3.60. The fourth-order valence-corrected chi connectivity index (χ4v) is 5.08. The molecule has 26 heavy (non-hydrogen) atoms. The molecule has 0 saturated carbocycles. The number of benzene rings is 2. The molecule has 2 aliphatic heterocycles. The van der Waals surface area contributed by atoms with E-state index >= 15 is 0 Å². The van der Waals surface area contributed by atoms with Crippen LogP contribution in [0.1, 0.15) is 30.4 Å². The number of rotatable bonds is 3. The van der Waals surface area contributed by atoms with Crippen LogP contribution in [0.25, 0.3) is 0 Å². The normalized spacial score (nSPS) is 18.8. The highest BCUT2D eigenvalue weighted by Crippen LogP contribution is 2.44. The van der Waals surface area contributed by atoms with Crippen LogP contribution in [0.5, 0.6) is 0 Å². The van der Waals surface area contributed by atoms with Crippen molar-refractivity contribution in [3.63, 3.8) is 0 Å². The van der Waals surface area contributed by atoms with Crippen molar-refractivity contribution in [1.29, 1.82) is 0 Å². The van der Waals surface area contributed by atoms with Crippen molar-refractivity contribution >= 4 is 43.2 Å². The lowest BCUT2D eigenvalue weighted by Gasteiger charge is -2.26. The average Bonchev–Trinajstić information content (AvgIpc) is 2.84. The van der Waals surface area contributed by atoms with Gasteiger partial charge in [-0.05, 0) is 61.2 Å². The summed E-state index contributed by atoms with van der Waals surface area (Å²) in [5.41, 5.74) is 2.31. The molecule has 0 unspecified atom stereocenters. The third-order valence-corrected chi connectivity index (χ3v) is 6.72. The van der Waals surface area contributed by atoms with E-state index in [0.717, 1.165) is 29.7 Å². The molecule has 0 spiro atoms. The van der Waals surface area contributed by atoms with Gasteiger partial charge in [0.25, 0.3) is 10.0 Å². The van der Waals surface area contributed by atoms with Crippen molar-refractivity contribution in [3.05, 3.63) is 51.7 Å². The number of aryl methyl sites for hydroxylation is 1. The van der Waals surface area contributed by atoms with Crippen LogP contribution in [-0.4, -0.2) is 20.9 Å². The monoisotopic (exact) mass is 438 g/mol. The molecule has 4 rings (SSSR count). The lowest BCUT2D eigenvalue weighted by atomic mass is 9.97. The van der Waals surface area contributed by atoms with Crippen LogP contribution in [0.15, 0.2) is 39.7 Å². The third-order valence-electron chi connectivity index (χ3n) is 4.88. The summed E-state index contributed by atoms with van der Waals surface area (Å²) < 4.78 is 42.5. The maximum atomic E-state index is 14.0. The lowest BCUT2D eigenvalue weighted by molar-refractivity contribution is -0.119. The van der Waals surface area contributed by atoms with E-state index in [-0.39, 0.29) is 22.4 Å². The summed E-state index contributed by atoms with van der Waals surface area (Å²) in [6.45, 7) is 2.45. The first-order chi connectivity index (χ1) is 12.3. The number of sulfonamides is 1. The van der Waals surface area contributed by atoms with Gasteiger partial charge in [-0.15, -0.1) is 0 Å². The predicted octanol–water partition coefficient (Wildman–Crippen LogP) is 3.79. The Kier molecular flexibility index (Phi) is 4.07. The summed E-state index contributed by atoms with van der Waals surface area (Å²) in [4.78, 5) is 14.2. The number of nitrogens with zero attached hydrogens (tertiary/aromatic N) is 1. The summed E-state index contributed by atoms with van der Waals surface area (Å²) in [5.74, 6) is -1.04. The minimum atomic E-state index is -3.97. The molecule has 0 aliphatic carbocycles. The standard InChI is InChI=1S/C18H16BrFN2O3S/c1-10-14-9-13(7-11-3-2-6-22(17(11)14)18(10)23)26(24,25)21-16-5-4-12(19)8-15(16)20/h4-5,7-10,21H,2-3,6H2,1H3/t10-/m0/s1. The molecule has 5 nitrogen and oxygen atoms in total. The molecule has 2 heterocycles. The molecular formula is C18H16BrFN2O3S. The van der Waals surface area contributed by atoms with E-state index in [0.29, 0.717) is 11.0 Å². The summed E-state index contributed by atoms with van der Waals surface area (Å²) in [6.07, 6.45) is 1.51. The van der Waals surface area contributed by atoms with Gasteiger partial charge in [0.05, 0.1) is 22.2 Å². The van der Waals surface area contributed by atoms with Crippen molar-refractivity contribution in [2.24, 2.45) is 0 Å². The van der Waals surface area contributed by atoms with Gasteiger partial charge in [-0.25, -0.2) is 12.8 Å². The van der Waals surface area contributed by atoms with Gasteiger partial charge in [-0.1, -0.05) is 15.9 Å². The maximum Gasteiger partial charge on any atom is 0.262 e. The molecule has 0 fully saturated rings. The van der Waals surface area contributed by atoms with Gasteiger partial charge in [0.15, 0.2) is 0 Å². The summed E-state index contributed by atoms with van der Waals surface area (Å²) in [5, 5.41) is 0. The van der Waals surface area contributed by atoms with Gasteiger partial charge < -0.3 is 4.90 Å². The van der Waals surface area contributed by atoms with Crippen molar-refractivity contribution in [3.8, 4) is 0 Å². The topological polar surface area (TPSA) is 66.5 Å². The Balaban J connectivity index is 1.78. The van der Waals surface area contributed by atoms with Crippen molar-refractivity contribution < 1.29 is 17.6 Å². The Hall–Kier alpha value is -1.93. The molecule has 1 N–H and O–H groups in total. The van der Waals surface area contributed by atoms with E-state index in [4.69, 9.17) is 0 Å². The SMILES string of the molecule is C[C@@H]1C(=O)N2CCCc3cc(S(=O)(=O)Nc4ccc(Br)cc4F)cc1c32. The summed E-state index contributed by atoms with van der Waals surface area (Å²) in [7, 11) is -3.97. The zero-order valence-electron chi connectivity index (χ0n) is 13.9. The number of nitrogens with one attached hydrogen (secondary N) is 1. The first-order valence-corrected chi connectivity index (χ1v) is 10.5. The average molecular weight is 439 g/mol. The van der Waals surface area contributed by atoms with E-state index < -0.39 is 15.8 Å². The quantitative estimate of drug-likeness (QED) is 0.792. The number of hydrogen-bond acceptors (Lipinski definition) is 3. The summed E-state index contributed by atoms with van der Waals surface area (Å²) in [6, 6.07) is 7.25. The maximum absolute atomic E-state index is 14.0. The second kappa shape index (κ2) is 6.06. The molecule has 1 atom stereocenters. The lowest BCUT2D eigenvalue weighted by Crippen LogP contribution is -2.32. The first kappa shape index (κ1) is 17.5. The van der Waals surface area contributed by atoms with Gasteiger partial charge in [0, 0.05) is 11.0 Å². The third kappa shape index (κ3) is 2.72.